The van der Waals surface area contributed by atoms with E-state index in [0.717, 1.165) is 0 Å². The smallest absolute Gasteiger partial charge is 0.333 e. The number of H-pyrrole nitrogens is 1. The molecule has 9 nitrogen and oxygen atoms in total. The van der Waals surface area contributed by atoms with Gasteiger partial charge in [-0.25, -0.2) is 9.78 Å². The Labute approximate surface area is 113 Å². The van der Waals surface area contributed by atoms with Gasteiger partial charge in [0, 0.05) is 24.2 Å². The Bertz CT molecular complexity index is 622. The van der Waals surface area contributed by atoms with Crippen molar-refractivity contribution in [1.29, 1.82) is 0 Å². The third-order valence-electron chi connectivity index (χ3n) is 2.26. The van der Waals surface area contributed by atoms with E-state index in [-0.39, 0.29) is 25.8 Å². The molecule has 0 fully saturated rings. The number of anilines is 1. The van der Waals surface area contributed by atoms with E-state index in [2.05, 4.69) is 20.3 Å². The maximum absolute atomic E-state index is 11.7. The number of rotatable bonds is 5. The monoisotopic (exact) mass is 279 g/mol. The number of aliphatic hydroxyl groups is 1. The van der Waals surface area contributed by atoms with Gasteiger partial charge >= 0.3 is 6.03 Å². The van der Waals surface area contributed by atoms with E-state index in [1.54, 1.807) is 0 Å². The number of hydrogen-bond acceptors (Lipinski definition) is 6. The minimum absolute atomic E-state index is 0.0128. The molecule has 20 heavy (non-hydrogen) atoms. The second kappa shape index (κ2) is 6.59. The molecule has 2 heterocycles. The summed E-state index contributed by atoms with van der Waals surface area (Å²) in [5, 5.41) is 11.0. The van der Waals surface area contributed by atoms with E-state index in [1.807, 2.05) is 0 Å². The second-order valence-corrected chi connectivity index (χ2v) is 3.77. The molecule has 0 radical (unpaired) electrons. The summed E-state index contributed by atoms with van der Waals surface area (Å²) >= 11 is 0. The molecule has 9 heteroatoms. The lowest BCUT2D eigenvalue weighted by molar-refractivity contribution is 0.0797. The van der Waals surface area contributed by atoms with Crippen LogP contribution in [0, 0.1) is 0 Å². The molecule has 0 saturated carbocycles. The molecule has 0 aliphatic carbocycles. The number of carbonyl (C=O) groups is 1. The largest absolute Gasteiger partial charge is 0.394 e. The first-order valence-corrected chi connectivity index (χ1v) is 5.77. The minimum Gasteiger partial charge on any atom is -0.394 e. The van der Waals surface area contributed by atoms with Crippen molar-refractivity contribution >= 4 is 12.0 Å². The SMILES string of the molecule is O=C(Nc1nc(=O)cc(COCCO)[nH]1)n1ccnc1. The number of aromatic amines is 1. The highest BCUT2D eigenvalue weighted by molar-refractivity contribution is 5.89. The van der Waals surface area contributed by atoms with Crippen molar-refractivity contribution in [2.45, 2.75) is 6.61 Å². The van der Waals surface area contributed by atoms with E-state index in [4.69, 9.17) is 9.84 Å². The van der Waals surface area contributed by atoms with Crippen LogP contribution >= 0.6 is 0 Å². The summed E-state index contributed by atoms with van der Waals surface area (Å²) in [6, 6.07) is 0.753. The molecule has 0 spiro atoms. The predicted molar refractivity (Wildman–Crippen MR) is 68.2 cm³/mol. The van der Waals surface area contributed by atoms with Crippen molar-refractivity contribution < 1.29 is 14.6 Å². The zero-order chi connectivity index (χ0) is 14.4. The molecule has 2 aromatic rings. The first kappa shape index (κ1) is 13.9. The number of aromatic nitrogens is 4. The number of amides is 1. The van der Waals surface area contributed by atoms with Gasteiger partial charge in [0.05, 0.1) is 19.8 Å². The summed E-state index contributed by atoms with van der Waals surface area (Å²) in [6.07, 6.45) is 4.23. The summed E-state index contributed by atoms with van der Waals surface area (Å²) in [7, 11) is 0. The molecule has 0 aliphatic heterocycles. The summed E-state index contributed by atoms with van der Waals surface area (Å²) in [5.74, 6) is 0.0128. The highest BCUT2D eigenvalue weighted by Crippen LogP contribution is 2.00. The summed E-state index contributed by atoms with van der Waals surface area (Å²) in [5.41, 5.74) is -0.0633. The number of carbonyl (C=O) groups excluding carboxylic acids is 1. The Balaban J connectivity index is 2.07. The number of nitrogens with zero attached hydrogens (tertiary/aromatic N) is 3. The van der Waals surface area contributed by atoms with Gasteiger partial charge in [-0.2, -0.15) is 4.98 Å². The molecule has 0 aromatic carbocycles. The topological polar surface area (TPSA) is 122 Å². The van der Waals surface area contributed by atoms with Crippen molar-refractivity contribution in [1.82, 2.24) is 19.5 Å². The average Bonchev–Trinajstić information content (AvgIpc) is 2.92. The fourth-order valence-electron chi connectivity index (χ4n) is 1.44. The molecule has 0 aliphatic rings. The maximum Gasteiger partial charge on any atom is 0.333 e. The second-order valence-electron chi connectivity index (χ2n) is 3.77. The van der Waals surface area contributed by atoms with Crippen LogP contribution in [0.15, 0.2) is 29.6 Å². The quantitative estimate of drug-likeness (QED) is 0.637. The van der Waals surface area contributed by atoms with Crippen LogP contribution in [0.3, 0.4) is 0 Å². The molecule has 106 valence electrons. The third kappa shape index (κ3) is 3.73. The van der Waals surface area contributed by atoms with E-state index in [0.29, 0.717) is 5.69 Å². The molecule has 0 bridgehead atoms. The Hall–Kier alpha value is -2.52. The number of aliphatic hydroxyl groups excluding tert-OH is 1. The van der Waals surface area contributed by atoms with E-state index >= 15 is 0 Å². The van der Waals surface area contributed by atoms with E-state index in [9.17, 15) is 9.59 Å². The van der Waals surface area contributed by atoms with Gasteiger partial charge in [-0.1, -0.05) is 0 Å². The molecular formula is C11H13N5O4. The van der Waals surface area contributed by atoms with Gasteiger partial charge in [0.2, 0.25) is 5.95 Å². The number of nitrogens with one attached hydrogen (secondary N) is 2. The van der Waals surface area contributed by atoms with Gasteiger partial charge in [0.15, 0.2) is 0 Å². The van der Waals surface area contributed by atoms with Gasteiger partial charge < -0.3 is 14.8 Å². The molecule has 0 atom stereocenters. The highest BCUT2D eigenvalue weighted by Gasteiger charge is 2.07. The van der Waals surface area contributed by atoms with E-state index in [1.165, 1.54) is 29.4 Å². The van der Waals surface area contributed by atoms with Gasteiger partial charge in [-0.05, 0) is 0 Å². The normalized spacial score (nSPS) is 10.4. The molecule has 2 aromatic heterocycles. The Morgan fingerprint density at radius 3 is 3.10 bits per heavy atom. The fourth-order valence-corrected chi connectivity index (χ4v) is 1.44. The van der Waals surface area contributed by atoms with Crippen LogP contribution in [0.25, 0.3) is 0 Å². The van der Waals surface area contributed by atoms with Crippen LogP contribution in [0.5, 0.6) is 0 Å². The van der Waals surface area contributed by atoms with E-state index < -0.39 is 11.6 Å². The standard InChI is InChI=1S/C11H13N5O4/c17-3-4-20-6-8-5-9(18)14-10(13-8)15-11(19)16-2-1-12-7-16/h1-2,5,7,17H,3-4,6H2,(H2,13,14,15,18,19). The Kier molecular flexibility index (Phi) is 4.58. The minimum atomic E-state index is -0.507. The first-order valence-electron chi connectivity index (χ1n) is 5.77. The first-order chi connectivity index (χ1) is 9.69. The lowest BCUT2D eigenvalue weighted by Gasteiger charge is -2.07. The van der Waals surface area contributed by atoms with Crippen LogP contribution in [-0.4, -0.2) is 43.9 Å². The van der Waals surface area contributed by atoms with Gasteiger partial charge in [0.1, 0.15) is 6.33 Å². The fraction of sp³-hybridized carbons (Fsp3) is 0.273. The predicted octanol–water partition coefficient (Wildman–Crippen LogP) is -0.445. The van der Waals surface area contributed by atoms with Gasteiger partial charge in [0.25, 0.3) is 5.56 Å². The van der Waals surface area contributed by atoms with Crippen LogP contribution in [0.4, 0.5) is 10.7 Å². The maximum atomic E-state index is 11.7. The Morgan fingerprint density at radius 2 is 2.40 bits per heavy atom. The molecule has 1 amide bonds. The van der Waals surface area contributed by atoms with Crippen molar-refractivity contribution in [2.75, 3.05) is 18.5 Å². The number of hydrogen-bond donors (Lipinski definition) is 3. The number of imidazole rings is 1. The highest BCUT2D eigenvalue weighted by atomic mass is 16.5. The summed E-state index contributed by atoms with van der Waals surface area (Å²) < 4.78 is 6.28. The molecule has 2 rings (SSSR count). The van der Waals surface area contributed by atoms with Crippen molar-refractivity contribution in [3.05, 3.63) is 40.8 Å². The van der Waals surface area contributed by atoms with Crippen LogP contribution in [0.2, 0.25) is 0 Å². The van der Waals surface area contributed by atoms with Crippen LogP contribution in [0.1, 0.15) is 5.69 Å². The Morgan fingerprint density at radius 1 is 1.55 bits per heavy atom. The number of ether oxygens (including phenoxy) is 1. The molecule has 3 N–H and O–H groups in total. The molecule has 0 unspecified atom stereocenters. The zero-order valence-corrected chi connectivity index (χ0v) is 10.4. The van der Waals surface area contributed by atoms with Crippen molar-refractivity contribution in [3.63, 3.8) is 0 Å². The lowest BCUT2D eigenvalue weighted by atomic mass is 10.4. The zero-order valence-electron chi connectivity index (χ0n) is 10.4. The summed E-state index contributed by atoms with van der Waals surface area (Å²) in [6.45, 7) is 0.146. The van der Waals surface area contributed by atoms with Gasteiger partial charge in [-0.15, -0.1) is 0 Å². The van der Waals surface area contributed by atoms with Crippen LogP contribution in [-0.2, 0) is 11.3 Å². The van der Waals surface area contributed by atoms with Gasteiger partial charge in [-0.3, -0.25) is 14.7 Å². The molecule has 0 saturated heterocycles. The average molecular weight is 279 g/mol. The molecular weight excluding hydrogens is 266 g/mol. The van der Waals surface area contributed by atoms with Crippen molar-refractivity contribution in [3.8, 4) is 0 Å². The van der Waals surface area contributed by atoms with Crippen molar-refractivity contribution in [2.24, 2.45) is 0 Å². The third-order valence-corrected chi connectivity index (χ3v) is 2.26. The lowest BCUT2D eigenvalue weighted by Crippen LogP contribution is -2.22. The summed E-state index contributed by atoms with van der Waals surface area (Å²) in [4.78, 5) is 33.3. The van der Waals surface area contributed by atoms with Crippen LogP contribution < -0.4 is 10.9 Å².